The van der Waals surface area contributed by atoms with Crippen molar-refractivity contribution >= 4 is 6.47 Å². The summed E-state index contributed by atoms with van der Waals surface area (Å²) in [6.45, 7) is 0.0451. The highest BCUT2D eigenvalue weighted by molar-refractivity contribution is 5.36. The molecule has 0 saturated heterocycles. The van der Waals surface area contributed by atoms with Crippen molar-refractivity contribution in [2.75, 3.05) is 19.8 Å². The second-order valence-electron chi connectivity index (χ2n) is 1.66. The molecule has 0 saturated carbocycles. The van der Waals surface area contributed by atoms with Gasteiger partial charge in [0.15, 0.2) is 0 Å². The van der Waals surface area contributed by atoms with Gasteiger partial charge in [-0.3, -0.25) is 4.79 Å². The van der Waals surface area contributed by atoms with E-state index in [4.69, 9.17) is 10.2 Å². The van der Waals surface area contributed by atoms with Crippen LogP contribution in [0.3, 0.4) is 0 Å². The average molecular weight is 134 g/mol. The molecule has 4 nitrogen and oxygen atoms in total. The number of hydrogen-bond acceptors (Lipinski definition) is 4. The first-order valence-electron chi connectivity index (χ1n) is 2.62. The summed E-state index contributed by atoms with van der Waals surface area (Å²) in [6.07, 6.45) is 0. The summed E-state index contributed by atoms with van der Waals surface area (Å²) in [4.78, 5) is 9.56. The van der Waals surface area contributed by atoms with Crippen molar-refractivity contribution in [2.45, 2.75) is 0 Å². The Kier molecular flexibility index (Phi) is 5.15. The van der Waals surface area contributed by atoms with Gasteiger partial charge in [0.25, 0.3) is 6.47 Å². The number of aliphatic hydroxyl groups excluding tert-OH is 2. The lowest BCUT2D eigenvalue weighted by molar-refractivity contribution is -0.130. The van der Waals surface area contributed by atoms with Crippen LogP contribution in [-0.4, -0.2) is 36.5 Å². The van der Waals surface area contributed by atoms with E-state index < -0.39 is 0 Å². The van der Waals surface area contributed by atoms with Crippen LogP contribution in [0.4, 0.5) is 0 Å². The maximum absolute atomic E-state index is 9.56. The normalized spacial score (nSPS) is 9.67. The van der Waals surface area contributed by atoms with Gasteiger partial charge in [-0.25, -0.2) is 0 Å². The first-order chi connectivity index (χ1) is 4.35. The summed E-state index contributed by atoms with van der Waals surface area (Å²) in [5.74, 6) is -0.338. The van der Waals surface area contributed by atoms with E-state index in [1.54, 1.807) is 0 Å². The van der Waals surface area contributed by atoms with Crippen LogP contribution in [0.5, 0.6) is 0 Å². The highest BCUT2D eigenvalue weighted by atomic mass is 16.5. The maximum Gasteiger partial charge on any atom is 0.293 e. The van der Waals surface area contributed by atoms with Gasteiger partial charge in [-0.1, -0.05) is 0 Å². The van der Waals surface area contributed by atoms with Gasteiger partial charge in [0, 0.05) is 5.92 Å². The van der Waals surface area contributed by atoms with Crippen LogP contribution >= 0.6 is 0 Å². The summed E-state index contributed by atoms with van der Waals surface area (Å²) < 4.78 is 4.28. The van der Waals surface area contributed by atoms with Gasteiger partial charge in [0.2, 0.25) is 0 Å². The zero-order valence-corrected chi connectivity index (χ0v) is 4.99. The van der Waals surface area contributed by atoms with Gasteiger partial charge in [-0.05, 0) is 0 Å². The molecular formula is C5H10O4. The van der Waals surface area contributed by atoms with Crippen molar-refractivity contribution in [2.24, 2.45) is 5.92 Å². The Labute approximate surface area is 53.1 Å². The van der Waals surface area contributed by atoms with E-state index in [0.717, 1.165) is 0 Å². The number of rotatable bonds is 5. The molecule has 0 aromatic carbocycles. The van der Waals surface area contributed by atoms with Crippen molar-refractivity contribution in [1.82, 2.24) is 0 Å². The number of hydrogen-bond donors (Lipinski definition) is 2. The van der Waals surface area contributed by atoms with E-state index in [-0.39, 0.29) is 25.7 Å². The molecule has 0 aromatic heterocycles. The lowest BCUT2D eigenvalue weighted by Crippen LogP contribution is -2.17. The summed E-state index contributed by atoms with van der Waals surface area (Å²) >= 11 is 0. The molecule has 0 amide bonds. The molecule has 0 fully saturated rings. The molecule has 0 aromatic rings. The fourth-order valence-corrected chi connectivity index (χ4v) is 0.339. The van der Waals surface area contributed by atoms with Gasteiger partial charge in [-0.2, -0.15) is 0 Å². The van der Waals surface area contributed by atoms with Gasteiger partial charge >= 0.3 is 0 Å². The predicted molar refractivity (Wildman–Crippen MR) is 29.7 cm³/mol. The molecule has 0 spiro atoms. The average Bonchev–Trinajstić information content (AvgIpc) is 1.91. The lowest BCUT2D eigenvalue weighted by Gasteiger charge is -2.06. The minimum atomic E-state index is -0.338. The number of aliphatic hydroxyl groups is 2. The first-order valence-corrected chi connectivity index (χ1v) is 2.62. The predicted octanol–water partition coefficient (Wildman–Crippen LogP) is -1.24. The molecule has 0 radical (unpaired) electrons. The van der Waals surface area contributed by atoms with Crippen molar-refractivity contribution in [3.63, 3.8) is 0 Å². The molecule has 0 atom stereocenters. The smallest absolute Gasteiger partial charge is 0.293 e. The zero-order chi connectivity index (χ0) is 7.11. The van der Waals surface area contributed by atoms with E-state index in [9.17, 15) is 4.79 Å². The molecular weight excluding hydrogens is 124 g/mol. The Morgan fingerprint density at radius 1 is 1.44 bits per heavy atom. The minimum Gasteiger partial charge on any atom is -0.467 e. The van der Waals surface area contributed by atoms with Crippen LogP contribution in [0.25, 0.3) is 0 Å². The van der Waals surface area contributed by atoms with E-state index in [2.05, 4.69) is 4.74 Å². The summed E-state index contributed by atoms with van der Waals surface area (Å²) in [5, 5.41) is 16.8. The van der Waals surface area contributed by atoms with E-state index in [0.29, 0.717) is 6.47 Å². The third-order valence-electron chi connectivity index (χ3n) is 0.916. The van der Waals surface area contributed by atoms with Crippen molar-refractivity contribution < 1.29 is 19.7 Å². The molecule has 0 bridgehead atoms. The zero-order valence-electron chi connectivity index (χ0n) is 4.99. The molecule has 0 aliphatic rings. The number of carbonyl (C=O) groups excluding carboxylic acids is 1. The molecule has 0 aliphatic carbocycles. The van der Waals surface area contributed by atoms with E-state index >= 15 is 0 Å². The van der Waals surface area contributed by atoms with Gasteiger partial charge in [0.1, 0.15) is 0 Å². The quantitative estimate of drug-likeness (QED) is 0.461. The van der Waals surface area contributed by atoms with Crippen LogP contribution in [0.15, 0.2) is 0 Å². The molecule has 2 N–H and O–H groups in total. The maximum atomic E-state index is 9.56. The monoisotopic (exact) mass is 134 g/mol. The van der Waals surface area contributed by atoms with Gasteiger partial charge in [-0.15, -0.1) is 0 Å². The van der Waals surface area contributed by atoms with E-state index in [1.165, 1.54) is 0 Å². The molecule has 4 heteroatoms. The number of carbonyl (C=O) groups is 1. The molecule has 54 valence electrons. The third kappa shape index (κ3) is 3.93. The Morgan fingerprint density at radius 2 is 2.00 bits per heavy atom. The van der Waals surface area contributed by atoms with Crippen LogP contribution in [-0.2, 0) is 9.53 Å². The Morgan fingerprint density at radius 3 is 2.33 bits per heavy atom. The summed E-state index contributed by atoms with van der Waals surface area (Å²) in [6, 6.07) is 0. The fourth-order valence-electron chi connectivity index (χ4n) is 0.339. The standard InChI is InChI=1S/C5H10O4/c6-1-5(2-7)3-9-4-8/h4-7H,1-3H2. The summed E-state index contributed by atoms with van der Waals surface area (Å²) in [5.41, 5.74) is 0. The second kappa shape index (κ2) is 5.53. The van der Waals surface area contributed by atoms with Crippen LogP contribution in [0, 0.1) is 5.92 Å². The molecule has 0 unspecified atom stereocenters. The van der Waals surface area contributed by atoms with E-state index in [1.807, 2.05) is 0 Å². The fraction of sp³-hybridized carbons (Fsp3) is 0.800. The van der Waals surface area contributed by atoms with Crippen molar-refractivity contribution in [3.05, 3.63) is 0 Å². The molecule has 0 heterocycles. The third-order valence-corrected chi connectivity index (χ3v) is 0.916. The number of ether oxygens (including phenoxy) is 1. The largest absolute Gasteiger partial charge is 0.467 e. The van der Waals surface area contributed by atoms with Gasteiger partial charge < -0.3 is 14.9 Å². The Bertz CT molecular complexity index is 69.4. The molecule has 9 heavy (non-hydrogen) atoms. The lowest BCUT2D eigenvalue weighted by atomic mass is 10.2. The van der Waals surface area contributed by atoms with Crippen molar-refractivity contribution in [3.8, 4) is 0 Å². The van der Waals surface area contributed by atoms with Crippen molar-refractivity contribution in [1.29, 1.82) is 0 Å². The molecule has 0 aliphatic heterocycles. The topological polar surface area (TPSA) is 66.8 Å². The Balaban J connectivity index is 3.19. The summed E-state index contributed by atoms with van der Waals surface area (Å²) in [7, 11) is 0. The molecule has 0 rings (SSSR count). The highest BCUT2D eigenvalue weighted by Crippen LogP contribution is 1.91. The second-order valence-corrected chi connectivity index (χ2v) is 1.66. The first kappa shape index (κ1) is 8.39. The highest BCUT2D eigenvalue weighted by Gasteiger charge is 2.04. The van der Waals surface area contributed by atoms with Crippen LogP contribution in [0.2, 0.25) is 0 Å². The Hall–Kier alpha value is -0.610. The van der Waals surface area contributed by atoms with Crippen LogP contribution in [0.1, 0.15) is 0 Å². The van der Waals surface area contributed by atoms with Gasteiger partial charge in [0.05, 0.1) is 19.8 Å². The SMILES string of the molecule is O=COCC(CO)CO. The minimum absolute atomic E-state index is 0.0799. The van der Waals surface area contributed by atoms with Crippen LogP contribution < -0.4 is 0 Å².